The first-order valence-electron chi connectivity index (χ1n) is 6.45. The lowest BCUT2D eigenvalue weighted by Crippen LogP contribution is -2.22. The average molecular weight is 271 g/mol. The lowest BCUT2D eigenvalue weighted by atomic mass is 9.90. The molecule has 20 heavy (non-hydrogen) atoms. The van der Waals surface area contributed by atoms with Gasteiger partial charge in [0.15, 0.2) is 0 Å². The Morgan fingerprint density at radius 1 is 1.35 bits per heavy atom. The fourth-order valence-corrected chi connectivity index (χ4v) is 1.58. The monoisotopic (exact) mass is 271 g/mol. The van der Waals surface area contributed by atoms with Gasteiger partial charge in [0.2, 0.25) is 5.91 Å². The van der Waals surface area contributed by atoms with Gasteiger partial charge in [-0.1, -0.05) is 36.3 Å². The number of hydrogen-bond donors (Lipinski definition) is 3. The van der Waals surface area contributed by atoms with E-state index in [-0.39, 0.29) is 5.91 Å². The summed E-state index contributed by atoms with van der Waals surface area (Å²) in [6.45, 7) is 0.474. The van der Waals surface area contributed by atoms with Crippen molar-refractivity contribution in [3.8, 4) is 12.3 Å². The van der Waals surface area contributed by atoms with E-state index >= 15 is 0 Å². The van der Waals surface area contributed by atoms with Gasteiger partial charge < -0.3 is 15.4 Å². The standard InChI is InChI=1S/C15H18BNO3/c1-2-3-4-5-15(18)17-12-14-8-6-13(7-9-14)10-11-16(19)20/h1,6-11,19-20H,3-5,12H2,(H,17,18)/b11-10+. The molecule has 1 aromatic rings. The van der Waals surface area contributed by atoms with Crippen molar-refractivity contribution < 1.29 is 14.8 Å². The Kier molecular flexibility index (Phi) is 7.19. The van der Waals surface area contributed by atoms with E-state index in [0.29, 0.717) is 25.8 Å². The summed E-state index contributed by atoms with van der Waals surface area (Å²) in [5.74, 6) is 3.77. The van der Waals surface area contributed by atoms with Crippen LogP contribution in [-0.2, 0) is 11.3 Å². The Labute approximate surface area is 119 Å². The zero-order chi connectivity index (χ0) is 14.8. The van der Waals surface area contributed by atoms with Gasteiger partial charge in [-0.3, -0.25) is 4.79 Å². The van der Waals surface area contributed by atoms with E-state index in [1.54, 1.807) is 6.08 Å². The Morgan fingerprint density at radius 3 is 2.65 bits per heavy atom. The van der Waals surface area contributed by atoms with Gasteiger partial charge >= 0.3 is 7.12 Å². The third-order valence-corrected chi connectivity index (χ3v) is 2.66. The quantitative estimate of drug-likeness (QED) is 0.395. The van der Waals surface area contributed by atoms with Gasteiger partial charge in [-0.25, -0.2) is 0 Å². The first-order chi connectivity index (χ1) is 9.61. The van der Waals surface area contributed by atoms with Gasteiger partial charge in [-0.2, -0.15) is 0 Å². The van der Waals surface area contributed by atoms with Crippen LogP contribution >= 0.6 is 0 Å². The van der Waals surface area contributed by atoms with E-state index < -0.39 is 7.12 Å². The van der Waals surface area contributed by atoms with Crippen LogP contribution in [0.3, 0.4) is 0 Å². The van der Waals surface area contributed by atoms with Crippen molar-refractivity contribution in [1.29, 1.82) is 0 Å². The van der Waals surface area contributed by atoms with Crippen molar-refractivity contribution in [3.05, 3.63) is 41.4 Å². The molecule has 0 spiro atoms. The maximum atomic E-state index is 11.5. The molecule has 1 rings (SSSR count). The molecule has 104 valence electrons. The molecule has 0 aliphatic heterocycles. The molecule has 0 atom stereocenters. The summed E-state index contributed by atoms with van der Waals surface area (Å²) < 4.78 is 0. The highest BCUT2D eigenvalue weighted by atomic mass is 16.4. The molecule has 0 saturated carbocycles. The Balaban J connectivity index is 2.38. The highest BCUT2D eigenvalue weighted by Crippen LogP contribution is 2.06. The molecule has 1 amide bonds. The van der Waals surface area contributed by atoms with Gasteiger partial charge in [-0.05, 0) is 17.5 Å². The second-order valence-electron chi connectivity index (χ2n) is 4.35. The fraction of sp³-hybridized carbons (Fsp3) is 0.267. The van der Waals surface area contributed by atoms with Gasteiger partial charge in [0.25, 0.3) is 0 Å². The van der Waals surface area contributed by atoms with Gasteiger partial charge in [0.05, 0.1) is 0 Å². The average Bonchev–Trinajstić information content (AvgIpc) is 2.44. The molecule has 0 radical (unpaired) electrons. The summed E-state index contributed by atoms with van der Waals surface area (Å²) in [6, 6.07) is 7.45. The molecule has 0 aliphatic carbocycles. The minimum absolute atomic E-state index is 0.00683. The van der Waals surface area contributed by atoms with Gasteiger partial charge in [-0.15, -0.1) is 12.3 Å². The Bertz CT molecular complexity index is 489. The van der Waals surface area contributed by atoms with Crippen LogP contribution in [0.4, 0.5) is 0 Å². The molecule has 3 N–H and O–H groups in total. The van der Waals surface area contributed by atoms with Crippen LogP contribution in [0.1, 0.15) is 30.4 Å². The summed E-state index contributed by atoms with van der Waals surface area (Å²) in [5.41, 5.74) is 1.85. The second-order valence-corrected chi connectivity index (χ2v) is 4.35. The van der Waals surface area contributed by atoms with Gasteiger partial charge in [0.1, 0.15) is 0 Å². The smallest absolute Gasteiger partial charge is 0.424 e. The van der Waals surface area contributed by atoms with E-state index in [1.165, 1.54) is 5.98 Å². The predicted molar refractivity (Wildman–Crippen MR) is 80.2 cm³/mol. The van der Waals surface area contributed by atoms with Crippen LogP contribution in [0.25, 0.3) is 6.08 Å². The van der Waals surface area contributed by atoms with Gasteiger partial charge in [0, 0.05) is 19.4 Å². The number of carbonyl (C=O) groups is 1. The molecule has 0 aliphatic rings. The number of nitrogens with one attached hydrogen (secondary N) is 1. The van der Waals surface area contributed by atoms with Crippen molar-refractivity contribution in [1.82, 2.24) is 5.32 Å². The predicted octanol–water partition coefficient (Wildman–Crippen LogP) is 1.13. The lowest BCUT2D eigenvalue weighted by Gasteiger charge is -2.05. The maximum Gasteiger partial charge on any atom is 0.480 e. The number of unbranched alkanes of at least 4 members (excludes halogenated alkanes) is 1. The van der Waals surface area contributed by atoms with Crippen molar-refractivity contribution in [2.24, 2.45) is 0 Å². The highest BCUT2D eigenvalue weighted by Gasteiger charge is 2.01. The Hall–Kier alpha value is -2.03. The molecule has 4 nitrogen and oxygen atoms in total. The van der Waals surface area contributed by atoms with Crippen LogP contribution in [-0.4, -0.2) is 23.1 Å². The SMILES string of the molecule is C#CCCCC(=O)NCc1ccc(/C=C/B(O)O)cc1. The van der Waals surface area contributed by atoms with Crippen molar-refractivity contribution in [3.63, 3.8) is 0 Å². The number of carbonyl (C=O) groups excluding carboxylic acids is 1. The zero-order valence-corrected chi connectivity index (χ0v) is 11.2. The minimum Gasteiger partial charge on any atom is -0.424 e. The molecule has 0 heterocycles. The number of rotatable bonds is 7. The van der Waals surface area contributed by atoms with Crippen molar-refractivity contribution >= 4 is 19.1 Å². The van der Waals surface area contributed by atoms with E-state index in [9.17, 15) is 4.79 Å². The number of amides is 1. The number of hydrogen-bond acceptors (Lipinski definition) is 3. The molecule has 1 aromatic carbocycles. The van der Waals surface area contributed by atoms with Crippen LogP contribution in [0.5, 0.6) is 0 Å². The molecular weight excluding hydrogens is 253 g/mol. The lowest BCUT2D eigenvalue weighted by molar-refractivity contribution is -0.121. The minimum atomic E-state index is -1.45. The number of terminal acetylenes is 1. The third-order valence-electron chi connectivity index (χ3n) is 2.66. The third kappa shape index (κ3) is 6.79. The first kappa shape index (κ1) is 16.0. The van der Waals surface area contributed by atoms with Crippen LogP contribution < -0.4 is 5.32 Å². The zero-order valence-electron chi connectivity index (χ0n) is 11.2. The normalized spacial score (nSPS) is 10.2. The molecule has 0 fully saturated rings. The Morgan fingerprint density at radius 2 is 2.05 bits per heavy atom. The molecule has 0 bridgehead atoms. The maximum absolute atomic E-state index is 11.5. The van der Waals surface area contributed by atoms with E-state index in [1.807, 2.05) is 24.3 Å². The van der Waals surface area contributed by atoms with Crippen LogP contribution in [0.2, 0.25) is 0 Å². The second kappa shape index (κ2) is 8.97. The highest BCUT2D eigenvalue weighted by molar-refractivity contribution is 6.48. The topological polar surface area (TPSA) is 69.6 Å². The summed E-state index contributed by atoms with van der Waals surface area (Å²) in [4.78, 5) is 11.5. The van der Waals surface area contributed by atoms with E-state index in [0.717, 1.165) is 11.1 Å². The first-order valence-corrected chi connectivity index (χ1v) is 6.45. The van der Waals surface area contributed by atoms with Crippen molar-refractivity contribution in [2.75, 3.05) is 0 Å². The molecule has 5 heteroatoms. The molecule has 0 saturated heterocycles. The molecule has 0 aromatic heterocycles. The summed E-state index contributed by atoms with van der Waals surface area (Å²) >= 11 is 0. The van der Waals surface area contributed by atoms with E-state index in [4.69, 9.17) is 16.5 Å². The number of benzene rings is 1. The summed E-state index contributed by atoms with van der Waals surface area (Å²) in [6.07, 6.45) is 8.50. The van der Waals surface area contributed by atoms with Crippen molar-refractivity contribution in [2.45, 2.75) is 25.8 Å². The largest absolute Gasteiger partial charge is 0.480 e. The van der Waals surface area contributed by atoms with E-state index in [2.05, 4.69) is 11.2 Å². The fourth-order valence-electron chi connectivity index (χ4n) is 1.58. The van der Waals surface area contributed by atoms with Crippen LogP contribution in [0.15, 0.2) is 30.2 Å². The molecular formula is C15H18BNO3. The molecule has 0 unspecified atom stereocenters. The summed E-state index contributed by atoms with van der Waals surface area (Å²) in [5, 5.41) is 20.2. The van der Waals surface area contributed by atoms with Crippen LogP contribution in [0, 0.1) is 12.3 Å². The summed E-state index contributed by atoms with van der Waals surface area (Å²) in [7, 11) is -1.45.